The van der Waals surface area contributed by atoms with Crippen LogP contribution in [0.1, 0.15) is 55.6 Å². The second-order valence-electron chi connectivity index (χ2n) is 16.7. The zero-order valence-corrected chi connectivity index (χ0v) is 38.2. The SMILES string of the molecule is COc1cc(/C=C/c2ccc(N(c3ccc(-c4ccc(N(c5ccc(/C=C/c6ccc(C)c(OC)c6)cc5)c5ccc(C)cc5C)cc4)cc3)c3ccc(C)cc3C)cc2)ccc1C. The fraction of sp³-hybridized carbons (Fsp3) is 0.133. The van der Waals surface area contributed by atoms with Gasteiger partial charge in [0.15, 0.2) is 0 Å². The first-order chi connectivity index (χ1) is 31.1. The van der Waals surface area contributed by atoms with Crippen LogP contribution in [-0.4, -0.2) is 14.2 Å². The lowest BCUT2D eigenvalue weighted by Crippen LogP contribution is -2.11. The minimum Gasteiger partial charge on any atom is -0.496 e. The molecule has 0 bridgehead atoms. The van der Waals surface area contributed by atoms with E-state index in [1.807, 2.05) is 0 Å². The standard InChI is InChI=1S/C60H56N2O2/c1-41-9-35-57(45(5)37-41)61(53-27-19-47(20-28-53)15-17-49-13-11-43(3)59(39-49)63-7)55-31-23-51(24-32-55)52-25-33-56(34-26-52)62(58-36-10-42(2)38-46(58)6)54-29-21-48(22-30-54)16-18-50-14-12-44(4)60(40-50)64-8/h9-40H,1-8H3/b17-15+,18-16+. The molecule has 0 amide bonds. The largest absolute Gasteiger partial charge is 0.496 e. The van der Waals surface area contributed by atoms with Crippen LogP contribution in [0.15, 0.2) is 170 Å². The normalized spacial score (nSPS) is 11.3. The minimum absolute atomic E-state index is 0.896. The summed E-state index contributed by atoms with van der Waals surface area (Å²) in [7, 11) is 3.43. The van der Waals surface area contributed by atoms with Gasteiger partial charge in [0, 0.05) is 34.1 Å². The van der Waals surface area contributed by atoms with Gasteiger partial charge in [-0.15, -0.1) is 0 Å². The van der Waals surface area contributed by atoms with E-state index in [1.165, 1.54) is 22.3 Å². The third-order valence-electron chi connectivity index (χ3n) is 11.9. The van der Waals surface area contributed by atoms with E-state index in [0.29, 0.717) is 0 Å². The molecule has 0 aromatic heterocycles. The van der Waals surface area contributed by atoms with Crippen LogP contribution in [0.5, 0.6) is 11.5 Å². The maximum Gasteiger partial charge on any atom is 0.122 e. The van der Waals surface area contributed by atoms with Gasteiger partial charge < -0.3 is 19.3 Å². The first-order valence-corrected chi connectivity index (χ1v) is 21.9. The van der Waals surface area contributed by atoms with Crippen molar-refractivity contribution in [3.05, 3.63) is 225 Å². The van der Waals surface area contributed by atoms with Crippen molar-refractivity contribution in [2.75, 3.05) is 24.0 Å². The van der Waals surface area contributed by atoms with Gasteiger partial charge in [-0.2, -0.15) is 0 Å². The third kappa shape index (κ3) is 9.72. The molecule has 0 saturated carbocycles. The van der Waals surface area contributed by atoms with E-state index in [0.717, 1.165) is 90.1 Å². The average molecular weight is 837 g/mol. The average Bonchev–Trinajstić information content (AvgIpc) is 3.31. The molecule has 0 spiro atoms. The van der Waals surface area contributed by atoms with Gasteiger partial charge >= 0.3 is 0 Å². The van der Waals surface area contributed by atoms with E-state index >= 15 is 0 Å². The molecular formula is C60H56N2O2. The lowest BCUT2D eigenvalue weighted by Gasteiger charge is -2.28. The highest BCUT2D eigenvalue weighted by Crippen LogP contribution is 2.40. The van der Waals surface area contributed by atoms with Crippen molar-refractivity contribution < 1.29 is 9.47 Å². The Morgan fingerprint density at radius 3 is 0.953 bits per heavy atom. The lowest BCUT2D eigenvalue weighted by molar-refractivity contribution is 0.411. The summed E-state index contributed by atoms with van der Waals surface area (Å²) in [6, 6.07) is 61.3. The predicted octanol–water partition coefficient (Wildman–Crippen LogP) is 16.5. The summed E-state index contributed by atoms with van der Waals surface area (Å²) >= 11 is 0. The van der Waals surface area contributed by atoms with Crippen LogP contribution in [-0.2, 0) is 0 Å². The summed E-state index contributed by atoms with van der Waals surface area (Å²) in [6.07, 6.45) is 8.56. The molecule has 64 heavy (non-hydrogen) atoms. The second kappa shape index (κ2) is 19.2. The number of rotatable bonds is 13. The van der Waals surface area contributed by atoms with E-state index < -0.39 is 0 Å². The summed E-state index contributed by atoms with van der Waals surface area (Å²) in [4.78, 5) is 4.70. The fourth-order valence-corrected chi connectivity index (χ4v) is 8.31. The number of benzene rings is 8. The molecular weight excluding hydrogens is 781 g/mol. The minimum atomic E-state index is 0.896. The topological polar surface area (TPSA) is 24.9 Å². The molecule has 0 fully saturated rings. The second-order valence-corrected chi connectivity index (χ2v) is 16.7. The molecule has 8 rings (SSSR count). The van der Waals surface area contributed by atoms with Crippen LogP contribution >= 0.6 is 0 Å². The Bertz CT molecular complexity index is 2740. The Morgan fingerprint density at radius 1 is 0.312 bits per heavy atom. The molecule has 0 aliphatic rings. The van der Waals surface area contributed by atoms with Crippen molar-refractivity contribution in [3.63, 3.8) is 0 Å². The number of methoxy groups -OCH3 is 2. The fourth-order valence-electron chi connectivity index (χ4n) is 8.31. The molecule has 0 heterocycles. The van der Waals surface area contributed by atoms with Crippen LogP contribution in [0.2, 0.25) is 0 Å². The van der Waals surface area contributed by atoms with Gasteiger partial charge in [0.1, 0.15) is 11.5 Å². The Hall–Kier alpha value is -7.56. The molecule has 4 heteroatoms. The van der Waals surface area contributed by atoms with Crippen molar-refractivity contribution in [1.82, 2.24) is 0 Å². The van der Waals surface area contributed by atoms with Gasteiger partial charge in [0.25, 0.3) is 0 Å². The van der Waals surface area contributed by atoms with Crippen molar-refractivity contribution >= 4 is 58.4 Å². The molecule has 0 aliphatic heterocycles. The molecule has 0 aliphatic carbocycles. The number of aryl methyl sites for hydroxylation is 6. The van der Waals surface area contributed by atoms with Crippen LogP contribution in [0.25, 0.3) is 35.4 Å². The Kier molecular flexibility index (Phi) is 12.9. The number of hydrogen-bond acceptors (Lipinski definition) is 4. The van der Waals surface area contributed by atoms with Gasteiger partial charge in [-0.3, -0.25) is 0 Å². The van der Waals surface area contributed by atoms with Crippen LogP contribution < -0.4 is 19.3 Å². The molecule has 0 unspecified atom stereocenters. The highest BCUT2D eigenvalue weighted by atomic mass is 16.5. The van der Waals surface area contributed by atoms with Gasteiger partial charge in [-0.05, 0) is 170 Å². The maximum absolute atomic E-state index is 5.54. The quantitative estimate of drug-likeness (QED) is 0.108. The van der Waals surface area contributed by atoms with Crippen LogP contribution in [0.4, 0.5) is 34.1 Å². The Morgan fingerprint density at radius 2 is 0.625 bits per heavy atom. The van der Waals surface area contributed by atoms with E-state index in [2.05, 4.69) is 246 Å². The van der Waals surface area contributed by atoms with Crippen LogP contribution in [0.3, 0.4) is 0 Å². The van der Waals surface area contributed by atoms with Crippen molar-refractivity contribution in [1.29, 1.82) is 0 Å². The van der Waals surface area contributed by atoms with Crippen molar-refractivity contribution in [2.45, 2.75) is 41.5 Å². The van der Waals surface area contributed by atoms with Gasteiger partial charge in [-0.25, -0.2) is 0 Å². The van der Waals surface area contributed by atoms with E-state index in [-0.39, 0.29) is 0 Å². The molecule has 8 aromatic rings. The molecule has 318 valence electrons. The van der Waals surface area contributed by atoms with E-state index in [1.54, 1.807) is 14.2 Å². The molecule has 0 N–H and O–H groups in total. The Labute approximate surface area is 380 Å². The molecule has 0 radical (unpaired) electrons. The van der Waals surface area contributed by atoms with Gasteiger partial charge in [-0.1, -0.05) is 132 Å². The van der Waals surface area contributed by atoms with Crippen molar-refractivity contribution in [2.24, 2.45) is 0 Å². The third-order valence-corrected chi connectivity index (χ3v) is 11.9. The zero-order chi connectivity index (χ0) is 44.7. The highest BCUT2D eigenvalue weighted by Gasteiger charge is 2.17. The number of anilines is 6. The maximum atomic E-state index is 5.54. The first-order valence-electron chi connectivity index (χ1n) is 21.9. The molecule has 8 aromatic carbocycles. The van der Waals surface area contributed by atoms with Gasteiger partial charge in [0.05, 0.1) is 14.2 Å². The number of hydrogen-bond donors (Lipinski definition) is 0. The zero-order valence-electron chi connectivity index (χ0n) is 38.2. The monoisotopic (exact) mass is 836 g/mol. The summed E-state index contributed by atoms with van der Waals surface area (Å²) in [5, 5.41) is 0. The van der Waals surface area contributed by atoms with Crippen molar-refractivity contribution in [3.8, 4) is 22.6 Å². The summed E-state index contributed by atoms with van der Waals surface area (Å²) in [5.41, 5.74) is 20.7. The summed E-state index contributed by atoms with van der Waals surface area (Å²) in [5.74, 6) is 1.79. The van der Waals surface area contributed by atoms with Gasteiger partial charge in [0.2, 0.25) is 0 Å². The predicted molar refractivity (Wildman–Crippen MR) is 274 cm³/mol. The highest BCUT2D eigenvalue weighted by molar-refractivity contribution is 5.83. The molecule has 0 saturated heterocycles. The first kappa shape index (κ1) is 43.1. The smallest absolute Gasteiger partial charge is 0.122 e. The summed E-state index contributed by atoms with van der Waals surface area (Å²) < 4.78 is 11.1. The summed E-state index contributed by atoms with van der Waals surface area (Å²) in [6.45, 7) is 12.8. The lowest BCUT2D eigenvalue weighted by atomic mass is 10.0. The molecule has 4 nitrogen and oxygen atoms in total. The Balaban J connectivity index is 1.06. The molecule has 0 atom stereocenters. The number of nitrogens with zero attached hydrogens (tertiary/aromatic N) is 2. The van der Waals surface area contributed by atoms with Crippen LogP contribution in [0, 0.1) is 41.5 Å². The number of ether oxygens (including phenoxy) is 2. The van der Waals surface area contributed by atoms with E-state index in [4.69, 9.17) is 9.47 Å². The van der Waals surface area contributed by atoms with E-state index in [9.17, 15) is 0 Å².